The first-order valence-corrected chi connectivity index (χ1v) is 26.1. The van der Waals surface area contributed by atoms with Crippen molar-refractivity contribution in [2.75, 3.05) is 37.8 Å². The summed E-state index contributed by atoms with van der Waals surface area (Å²) in [6.07, 6.45) is 9.87. The van der Waals surface area contributed by atoms with Gasteiger partial charge in [0.25, 0.3) is 0 Å². The highest BCUT2D eigenvalue weighted by atomic mass is 32.2. The molecule has 7 unspecified atom stereocenters. The highest BCUT2D eigenvalue weighted by molar-refractivity contribution is 8.13. The van der Waals surface area contributed by atoms with Crippen LogP contribution in [0.25, 0.3) is 11.2 Å². The third-order valence-electron chi connectivity index (χ3n) is 9.34. The quantitative estimate of drug-likeness (QED) is 0.0295. The molecule has 1 fully saturated rings. The van der Waals surface area contributed by atoms with Gasteiger partial charge in [0.05, 0.1) is 19.5 Å². The van der Waals surface area contributed by atoms with Crippen LogP contribution in [0.15, 0.2) is 49.1 Å². The first-order chi connectivity index (χ1) is 31.4. The molecule has 3 heterocycles. The number of nitrogens with zero attached hydrogens (tertiary/aromatic N) is 4. The van der Waals surface area contributed by atoms with E-state index >= 15 is 0 Å². The maximum atomic E-state index is 12.7. The van der Waals surface area contributed by atoms with E-state index < -0.39 is 90.5 Å². The molecule has 0 bridgehead atoms. The summed E-state index contributed by atoms with van der Waals surface area (Å²) in [6.45, 7) is 0.444. The van der Waals surface area contributed by atoms with E-state index in [1.165, 1.54) is 13.8 Å². The molecule has 11 N–H and O–H groups in total. The number of carboxylic acids is 1. The van der Waals surface area contributed by atoms with E-state index in [4.69, 9.17) is 24.6 Å². The molecule has 376 valence electrons. The number of carbonyl (C=O) groups is 4. The fourth-order valence-electron chi connectivity index (χ4n) is 5.88. The number of thioether (sulfide) groups is 1. The number of phosphoric ester groups is 3. The van der Waals surface area contributed by atoms with Crippen molar-refractivity contribution >= 4 is 75.1 Å². The van der Waals surface area contributed by atoms with Gasteiger partial charge < -0.3 is 56.0 Å². The van der Waals surface area contributed by atoms with Gasteiger partial charge in [0, 0.05) is 43.5 Å². The van der Waals surface area contributed by atoms with Crippen LogP contribution in [0.3, 0.4) is 0 Å². The number of carbonyl (C=O) groups excluding carboxylic acids is 3. The zero-order valence-corrected chi connectivity index (χ0v) is 40.1. The summed E-state index contributed by atoms with van der Waals surface area (Å²) in [6, 6.07) is 0. The number of anilines is 1. The standard InChI is InChI=1S/C37H58N7O19P3S/c1-37(2,32(50)35(51)40-18-17-26(45)39-19-20-67-28(48)16-14-12-10-8-6-4-3-5-7-9-11-13-15-27(46)47)22-60-66(57,58)63-65(55,56)59-21-25-31(62-64(52,53)54)30(49)36(61-25)44-24-43-29-33(38)41-23-42-34(29)44/h3,5-6,8-9,11,23-25,30-32,36,49-50H,4,7,10,12-22H2,1-2H3,(H,39,45)(H,40,51)(H,46,47)(H,55,56)(H,57,58)(H2,38,41,42)(H2,52,53,54)/b5-3+,8-6+,11-9+. The second-order valence-corrected chi connectivity index (χ2v) is 20.7. The van der Waals surface area contributed by atoms with Crippen LogP contribution in [0.1, 0.15) is 77.9 Å². The maximum Gasteiger partial charge on any atom is 0.481 e. The van der Waals surface area contributed by atoms with Crippen molar-refractivity contribution in [1.82, 2.24) is 30.2 Å². The minimum atomic E-state index is -5.59. The fraction of sp³-hybridized carbons (Fsp3) is 0.595. The number of imidazole rings is 1. The summed E-state index contributed by atoms with van der Waals surface area (Å²) < 4.78 is 62.3. The van der Waals surface area contributed by atoms with E-state index in [1.54, 1.807) is 0 Å². The topological polar surface area (TPSA) is 401 Å². The molecule has 0 aliphatic carbocycles. The average Bonchev–Trinajstić information content (AvgIpc) is 3.80. The Labute approximate surface area is 389 Å². The van der Waals surface area contributed by atoms with E-state index in [9.17, 15) is 62.7 Å². The second-order valence-electron chi connectivity index (χ2n) is 15.4. The van der Waals surface area contributed by atoms with Crippen molar-refractivity contribution in [2.45, 2.75) is 102 Å². The van der Waals surface area contributed by atoms with Crippen LogP contribution in [0.4, 0.5) is 5.82 Å². The van der Waals surface area contributed by atoms with Crippen molar-refractivity contribution < 1.29 is 90.4 Å². The Hall–Kier alpha value is -3.75. The fourth-order valence-corrected chi connectivity index (χ4v) is 9.43. The highest BCUT2D eigenvalue weighted by Gasteiger charge is 2.50. The molecule has 0 spiro atoms. The Morgan fingerprint density at radius 2 is 1.57 bits per heavy atom. The van der Waals surface area contributed by atoms with Gasteiger partial charge in [-0.2, -0.15) is 4.31 Å². The SMILES string of the molecule is CC(C)(COP(=O)(O)OP(=O)(O)OCC1OC(n2cnc3c(N)ncnc32)C(O)C1OP(=O)(O)O)C(O)C(=O)NCCC(=O)NCCSC(=O)CCCC/C=C/C/C=C/C/C=C/CCC(=O)O. The maximum absolute atomic E-state index is 12.7. The van der Waals surface area contributed by atoms with Crippen molar-refractivity contribution in [3.05, 3.63) is 49.1 Å². The summed E-state index contributed by atoms with van der Waals surface area (Å²) in [5, 5.41) is 35.1. The van der Waals surface area contributed by atoms with Gasteiger partial charge in [0.15, 0.2) is 22.8 Å². The number of aliphatic carboxylic acids is 1. The molecule has 1 saturated heterocycles. The number of hydrogen-bond donors (Lipinski definition) is 10. The number of aliphatic hydroxyl groups is 2. The third-order valence-corrected chi connectivity index (χ3v) is 13.4. The average molecular weight is 1030 g/mol. The predicted octanol–water partition coefficient (Wildman–Crippen LogP) is 2.54. The number of unbranched alkanes of at least 4 members (excludes halogenated alkanes) is 2. The Morgan fingerprint density at radius 3 is 2.24 bits per heavy atom. The summed E-state index contributed by atoms with van der Waals surface area (Å²) >= 11 is 1.09. The Balaban J connectivity index is 1.32. The van der Waals surface area contributed by atoms with Crippen LogP contribution in [0.2, 0.25) is 0 Å². The molecule has 67 heavy (non-hydrogen) atoms. The molecule has 3 rings (SSSR count). The zero-order valence-electron chi connectivity index (χ0n) is 36.6. The van der Waals surface area contributed by atoms with E-state index in [1.807, 2.05) is 30.4 Å². The number of aromatic nitrogens is 4. The lowest BCUT2D eigenvalue weighted by Gasteiger charge is -2.30. The molecule has 26 nitrogen and oxygen atoms in total. The minimum absolute atomic E-state index is 0.00509. The zero-order chi connectivity index (χ0) is 49.8. The number of allylic oxidation sites excluding steroid dienone is 6. The second kappa shape index (κ2) is 27.4. The van der Waals surface area contributed by atoms with Crippen LogP contribution in [-0.2, 0) is 55.5 Å². The van der Waals surface area contributed by atoms with Gasteiger partial charge in [-0.3, -0.25) is 37.3 Å². The normalized spacial score (nSPS) is 20.4. The minimum Gasteiger partial charge on any atom is -0.481 e. The summed E-state index contributed by atoms with van der Waals surface area (Å²) in [5.41, 5.74) is 4.25. The third kappa shape index (κ3) is 21.2. The monoisotopic (exact) mass is 1030 g/mol. The van der Waals surface area contributed by atoms with E-state index in [0.29, 0.717) is 18.6 Å². The van der Waals surface area contributed by atoms with E-state index in [2.05, 4.69) is 40.5 Å². The highest BCUT2D eigenvalue weighted by Crippen LogP contribution is 2.61. The van der Waals surface area contributed by atoms with Crippen LogP contribution in [-0.4, -0.2) is 134 Å². The number of hydrogen-bond acceptors (Lipinski definition) is 19. The van der Waals surface area contributed by atoms with Gasteiger partial charge in [-0.1, -0.05) is 62.1 Å². The molecular weight excluding hydrogens is 971 g/mol. The van der Waals surface area contributed by atoms with Gasteiger partial charge in [-0.15, -0.1) is 0 Å². The van der Waals surface area contributed by atoms with Crippen LogP contribution in [0, 0.1) is 5.41 Å². The predicted molar refractivity (Wildman–Crippen MR) is 239 cm³/mol. The van der Waals surface area contributed by atoms with Gasteiger partial charge in [-0.25, -0.2) is 28.6 Å². The first-order valence-electron chi connectivity index (χ1n) is 20.6. The van der Waals surface area contributed by atoms with Crippen molar-refractivity contribution in [1.29, 1.82) is 0 Å². The van der Waals surface area contributed by atoms with Crippen LogP contribution in [0.5, 0.6) is 0 Å². The van der Waals surface area contributed by atoms with Gasteiger partial charge in [-0.05, 0) is 38.5 Å². The van der Waals surface area contributed by atoms with Gasteiger partial charge in [0.1, 0.15) is 36.3 Å². The molecule has 2 amide bonds. The number of nitrogens with two attached hydrogens (primary N) is 1. The molecule has 0 saturated carbocycles. The van der Waals surface area contributed by atoms with Crippen molar-refractivity contribution in [2.24, 2.45) is 5.41 Å². The smallest absolute Gasteiger partial charge is 0.481 e. The number of carboxylic acid groups (broad SMARTS) is 1. The molecule has 1 aliphatic rings. The molecule has 0 radical (unpaired) electrons. The Bertz CT molecular complexity index is 2210. The number of amides is 2. The Kier molecular flexibility index (Phi) is 23.6. The molecular formula is C37H58N7O19P3S. The number of nitrogen functional groups attached to an aromatic ring is 1. The van der Waals surface area contributed by atoms with Crippen molar-refractivity contribution in [3.8, 4) is 0 Å². The lowest BCUT2D eigenvalue weighted by Crippen LogP contribution is -2.46. The summed E-state index contributed by atoms with van der Waals surface area (Å²) in [7, 11) is -16.4. The number of ether oxygens (including phenoxy) is 1. The number of phosphoric acid groups is 3. The lowest BCUT2D eigenvalue weighted by atomic mass is 9.87. The first kappa shape index (κ1) is 57.6. The number of nitrogens with one attached hydrogen (secondary N) is 2. The molecule has 2 aromatic rings. The van der Waals surface area contributed by atoms with Crippen LogP contribution < -0.4 is 16.4 Å². The molecule has 7 atom stereocenters. The molecule has 1 aliphatic heterocycles. The van der Waals surface area contributed by atoms with E-state index in [-0.39, 0.29) is 48.0 Å². The number of aliphatic hydroxyl groups excluding tert-OH is 2. The largest absolute Gasteiger partial charge is 0.481 e. The van der Waals surface area contributed by atoms with Gasteiger partial charge >= 0.3 is 29.4 Å². The Morgan fingerprint density at radius 1 is 0.910 bits per heavy atom. The van der Waals surface area contributed by atoms with E-state index in [0.717, 1.165) is 61.1 Å². The van der Waals surface area contributed by atoms with Gasteiger partial charge in [0.2, 0.25) is 11.8 Å². The van der Waals surface area contributed by atoms with Crippen molar-refractivity contribution in [3.63, 3.8) is 0 Å². The molecule has 0 aromatic carbocycles. The number of rotatable bonds is 31. The summed E-state index contributed by atoms with van der Waals surface area (Å²) in [4.78, 5) is 98.7. The molecule has 30 heteroatoms. The summed E-state index contributed by atoms with van der Waals surface area (Å²) in [5.74, 6) is -1.95. The molecule has 2 aromatic heterocycles. The lowest BCUT2D eigenvalue weighted by molar-refractivity contribution is -0.137. The van der Waals surface area contributed by atoms with Crippen LogP contribution >= 0.6 is 35.2 Å². The number of fused-ring (bicyclic) bond motifs is 1.